The van der Waals surface area contributed by atoms with Crippen molar-refractivity contribution in [2.75, 3.05) is 0 Å². The van der Waals surface area contributed by atoms with Crippen LogP contribution in [-0.4, -0.2) is 19.1 Å². The quantitative estimate of drug-likeness (QED) is 0.113. The van der Waals surface area contributed by atoms with Crippen molar-refractivity contribution in [3.05, 3.63) is 169 Å². The Hall–Kier alpha value is -5.84. The average molecular weight is 970 g/mol. The molecule has 0 saturated carbocycles. The summed E-state index contributed by atoms with van der Waals surface area (Å²) in [5.74, 6) is 0.564. The van der Waals surface area contributed by atoms with Gasteiger partial charge in [-0.25, -0.2) is 4.98 Å². The van der Waals surface area contributed by atoms with Gasteiger partial charge in [0.25, 0.3) is 6.33 Å². The van der Waals surface area contributed by atoms with Crippen molar-refractivity contribution in [2.45, 2.75) is 72.6 Å². The summed E-state index contributed by atoms with van der Waals surface area (Å²) in [6.07, 6.45) is 4.98. The SMILES string of the molecule is [2H]C(C)(C)C([2H])([2H])c1ccnc(-n2c3[c-]c(Oc4[c-]c(-n5[c-][n+](-c6cc(C(C)(C)C)cc(C(C)(C)C)c6)c6ccccc65)ncc4)ccc3c3cc(-c4ccccc4)ccc32)c1.[Pt]. The van der Waals surface area contributed by atoms with Gasteiger partial charge in [-0.2, -0.15) is 18.2 Å². The molecule has 4 heterocycles. The molecule has 5 aromatic carbocycles. The van der Waals surface area contributed by atoms with Crippen molar-refractivity contribution in [1.29, 1.82) is 0 Å². The molecule has 0 atom stereocenters. The molecule has 0 aliphatic rings. The van der Waals surface area contributed by atoms with E-state index in [1.807, 2.05) is 51.6 Å². The number of rotatable bonds is 8. The van der Waals surface area contributed by atoms with Crippen molar-refractivity contribution in [3.8, 4) is 39.9 Å². The van der Waals surface area contributed by atoms with Gasteiger partial charge in [-0.05, 0) is 92.4 Å². The molecule has 7 heteroatoms. The maximum Gasteiger partial charge on any atom is 0.269 e. The topological polar surface area (TPSA) is 48.8 Å². The Labute approximate surface area is 372 Å². The third-order valence-electron chi connectivity index (χ3n) is 10.7. The van der Waals surface area contributed by atoms with E-state index >= 15 is 0 Å². The maximum absolute atomic E-state index is 8.88. The van der Waals surface area contributed by atoms with Gasteiger partial charge in [0.05, 0.1) is 22.5 Å². The first-order valence-corrected chi connectivity index (χ1v) is 20.1. The molecule has 0 aliphatic carbocycles. The normalized spacial score (nSPS) is 13.2. The van der Waals surface area contributed by atoms with Crippen LogP contribution >= 0.6 is 0 Å². The van der Waals surface area contributed by atoms with Crippen LogP contribution < -0.4 is 9.30 Å². The second-order valence-corrected chi connectivity index (χ2v) is 17.4. The fourth-order valence-corrected chi connectivity index (χ4v) is 7.61. The zero-order valence-corrected chi connectivity index (χ0v) is 37.4. The fourth-order valence-electron chi connectivity index (χ4n) is 7.61. The minimum absolute atomic E-state index is 0. The molecule has 304 valence electrons. The predicted molar refractivity (Wildman–Crippen MR) is 239 cm³/mol. The number of fused-ring (bicyclic) bond motifs is 4. The average Bonchev–Trinajstić information content (AvgIpc) is 3.79. The third-order valence-corrected chi connectivity index (χ3v) is 10.7. The monoisotopic (exact) mass is 969 g/mol. The van der Waals surface area contributed by atoms with Crippen LogP contribution in [0.2, 0.25) is 0 Å². The molecule has 9 rings (SSSR count). The summed E-state index contributed by atoms with van der Waals surface area (Å²) in [6, 6.07) is 47.7. The molecule has 6 nitrogen and oxygen atoms in total. The molecule has 4 aromatic heterocycles. The van der Waals surface area contributed by atoms with E-state index in [2.05, 4.69) is 125 Å². The van der Waals surface area contributed by atoms with Gasteiger partial charge in [-0.1, -0.05) is 140 Å². The van der Waals surface area contributed by atoms with Crippen molar-refractivity contribution in [3.63, 3.8) is 0 Å². The molecule has 9 aromatic rings. The van der Waals surface area contributed by atoms with E-state index in [-0.39, 0.29) is 31.9 Å². The van der Waals surface area contributed by atoms with Crippen LogP contribution in [0.4, 0.5) is 0 Å². The fraction of sp³-hybridized carbons (Fsp3) is 0.226. The molecule has 0 amide bonds. The van der Waals surface area contributed by atoms with Gasteiger partial charge < -0.3 is 9.30 Å². The van der Waals surface area contributed by atoms with E-state index in [0.29, 0.717) is 34.2 Å². The van der Waals surface area contributed by atoms with Crippen molar-refractivity contribution in [2.24, 2.45) is 5.89 Å². The minimum atomic E-state index is -1.94. The molecule has 0 aliphatic heterocycles. The Morgan fingerprint density at radius 3 is 2.13 bits per heavy atom. The molecular formula is C53H49N5OPt-2. The third kappa shape index (κ3) is 7.94. The van der Waals surface area contributed by atoms with Crippen LogP contribution in [-0.2, 0) is 38.3 Å². The number of benzene rings is 5. The number of aromatic nitrogens is 5. The molecule has 60 heavy (non-hydrogen) atoms. The van der Waals surface area contributed by atoms with E-state index in [1.54, 1.807) is 44.4 Å². The van der Waals surface area contributed by atoms with Crippen molar-refractivity contribution in [1.82, 2.24) is 19.1 Å². The summed E-state index contributed by atoms with van der Waals surface area (Å²) < 4.78 is 38.9. The summed E-state index contributed by atoms with van der Waals surface area (Å²) in [5, 5.41) is 1.92. The molecule has 0 saturated heterocycles. The van der Waals surface area contributed by atoms with Gasteiger partial charge in [0.2, 0.25) is 0 Å². The summed E-state index contributed by atoms with van der Waals surface area (Å²) in [6.45, 7) is 16.6. The van der Waals surface area contributed by atoms with E-state index in [0.717, 1.165) is 44.1 Å². The van der Waals surface area contributed by atoms with Crippen LogP contribution in [0.25, 0.3) is 61.3 Å². The standard InChI is InChI=1S/C53H49N5O.Pt/c1-35(2)26-36-22-24-55-51(27-36)58-46-21-18-38(37-14-10-9-11-15-37)28-45(46)44-20-19-42(32-49(44)58)59-43-23-25-54-50(33-43)57-34-56(47-16-12-13-17-48(47)57)41-30-39(52(3,4)5)29-40(31-41)53(6,7)8;/h9-25,27-31,35H,26H2,1-8H3;/q-2;/i26D2,35D;. The Morgan fingerprint density at radius 2 is 1.40 bits per heavy atom. The molecule has 0 radical (unpaired) electrons. The summed E-state index contributed by atoms with van der Waals surface area (Å²) in [5.41, 5.74) is 9.47. The number of imidazole rings is 1. The number of nitrogens with zero attached hydrogens (tertiary/aromatic N) is 5. The zero-order chi connectivity index (χ0) is 43.8. The van der Waals surface area contributed by atoms with Crippen LogP contribution in [0.5, 0.6) is 11.5 Å². The number of hydrogen-bond donors (Lipinski definition) is 0. The zero-order valence-electron chi connectivity index (χ0n) is 38.2. The molecule has 0 unspecified atom stereocenters. The van der Waals surface area contributed by atoms with Crippen molar-refractivity contribution >= 4 is 32.8 Å². The van der Waals surface area contributed by atoms with Gasteiger partial charge >= 0.3 is 0 Å². The van der Waals surface area contributed by atoms with Crippen LogP contribution in [0.1, 0.15) is 76.2 Å². The second kappa shape index (κ2) is 16.0. The smallest absolute Gasteiger partial charge is 0.269 e. The van der Waals surface area contributed by atoms with E-state index < -0.39 is 12.3 Å². The summed E-state index contributed by atoms with van der Waals surface area (Å²) in [7, 11) is 0. The molecular weight excluding hydrogens is 918 g/mol. The summed E-state index contributed by atoms with van der Waals surface area (Å²) in [4.78, 5) is 9.50. The maximum atomic E-state index is 8.88. The van der Waals surface area contributed by atoms with Gasteiger partial charge in [-0.15, -0.1) is 17.5 Å². The van der Waals surface area contributed by atoms with E-state index in [4.69, 9.17) is 18.8 Å². The van der Waals surface area contributed by atoms with Gasteiger partial charge in [0.15, 0.2) is 0 Å². The number of para-hydroxylation sites is 2. The molecule has 0 bridgehead atoms. The number of hydrogen-bond acceptors (Lipinski definition) is 3. The first-order valence-electron chi connectivity index (χ1n) is 21.6. The molecule has 0 N–H and O–H groups in total. The molecule has 0 spiro atoms. The Balaban J connectivity index is 0.00000544. The van der Waals surface area contributed by atoms with Crippen molar-refractivity contribution < 1.29 is 34.5 Å². The first kappa shape index (κ1) is 37.2. The van der Waals surface area contributed by atoms with Gasteiger partial charge in [0.1, 0.15) is 5.82 Å². The largest absolute Gasteiger partial charge is 0.522 e. The van der Waals surface area contributed by atoms with Crippen LogP contribution in [0, 0.1) is 24.4 Å². The summed E-state index contributed by atoms with van der Waals surface area (Å²) >= 11 is 0. The Morgan fingerprint density at radius 1 is 0.700 bits per heavy atom. The Bertz CT molecular complexity index is 3120. The predicted octanol–water partition coefficient (Wildman–Crippen LogP) is 12.4. The van der Waals surface area contributed by atoms with E-state index in [9.17, 15) is 0 Å². The van der Waals surface area contributed by atoms with Gasteiger partial charge in [0, 0.05) is 42.6 Å². The Kier molecular flexibility index (Phi) is 9.90. The van der Waals surface area contributed by atoms with Crippen LogP contribution in [0.3, 0.4) is 0 Å². The first-order chi connectivity index (χ1) is 29.4. The van der Waals surface area contributed by atoms with Gasteiger partial charge in [-0.3, -0.25) is 14.1 Å². The number of pyridine rings is 2. The second-order valence-electron chi connectivity index (χ2n) is 17.4. The molecule has 0 fully saturated rings. The van der Waals surface area contributed by atoms with Crippen LogP contribution in [0.15, 0.2) is 134 Å². The van der Waals surface area contributed by atoms with E-state index in [1.165, 1.54) is 11.1 Å². The minimum Gasteiger partial charge on any atom is -0.522 e. The number of ether oxygens (including phenoxy) is 1.